The topological polar surface area (TPSA) is 62.7 Å². The van der Waals surface area contributed by atoms with Gasteiger partial charge in [0.25, 0.3) is 0 Å². The van der Waals surface area contributed by atoms with Gasteiger partial charge < -0.3 is 14.7 Å². The van der Waals surface area contributed by atoms with Gasteiger partial charge in [-0.15, -0.1) is 0 Å². The lowest BCUT2D eigenvalue weighted by Gasteiger charge is -2.37. The molecule has 1 fully saturated rings. The Hall–Kier alpha value is -2.14. The lowest BCUT2D eigenvalue weighted by atomic mass is 9.92. The van der Waals surface area contributed by atoms with Crippen LogP contribution in [0.25, 0.3) is 10.9 Å². The molecule has 2 heterocycles. The summed E-state index contributed by atoms with van der Waals surface area (Å²) in [6.45, 7) is 9.72. The second kappa shape index (κ2) is 7.62. The molecule has 0 bridgehead atoms. The first kappa shape index (κ1) is 18.6. The number of aryl methyl sites for hydroxylation is 2. The molecule has 0 spiro atoms. The number of piperidine rings is 1. The van der Waals surface area contributed by atoms with Gasteiger partial charge in [-0.1, -0.05) is 12.1 Å². The number of aromatic nitrogens is 1. The highest BCUT2D eigenvalue weighted by atomic mass is 16.5. The average Bonchev–Trinajstić information content (AvgIpc) is 2.64. The van der Waals surface area contributed by atoms with Gasteiger partial charge in [-0.2, -0.15) is 0 Å². The van der Waals surface area contributed by atoms with E-state index in [9.17, 15) is 9.90 Å². The van der Waals surface area contributed by atoms with E-state index in [2.05, 4.69) is 35.9 Å². The number of esters is 1. The van der Waals surface area contributed by atoms with Crippen molar-refractivity contribution in [1.82, 2.24) is 4.98 Å². The standard InChI is InChI=1S/C21H28N2O3/c1-5-26-21(25)18-11-22-19-14(3)13(2)8-9-17(19)20(18)23-10-6-7-16(12-23)15(4)24/h8-9,11,15-16,24H,5-7,10,12H2,1-4H3. The molecular weight excluding hydrogens is 328 g/mol. The smallest absolute Gasteiger partial charge is 0.341 e. The summed E-state index contributed by atoms with van der Waals surface area (Å²) in [7, 11) is 0. The third-order valence-electron chi connectivity index (χ3n) is 5.49. The second-order valence-electron chi connectivity index (χ2n) is 7.23. The number of aliphatic hydroxyl groups is 1. The summed E-state index contributed by atoms with van der Waals surface area (Å²) in [6.07, 6.45) is 3.28. The quantitative estimate of drug-likeness (QED) is 0.848. The Kier molecular flexibility index (Phi) is 5.47. The van der Waals surface area contributed by atoms with Crippen LogP contribution in [0.15, 0.2) is 18.3 Å². The average molecular weight is 356 g/mol. The van der Waals surface area contributed by atoms with E-state index in [1.165, 1.54) is 5.56 Å². The molecule has 5 nitrogen and oxygen atoms in total. The van der Waals surface area contributed by atoms with Crippen LogP contribution in [0.2, 0.25) is 0 Å². The fraction of sp³-hybridized carbons (Fsp3) is 0.524. The van der Waals surface area contributed by atoms with E-state index < -0.39 is 0 Å². The zero-order valence-electron chi connectivity index (χ0n) is 16.1. The lowest BCUT2D eigenvalue weighted by Crippen LogP contribution is -2.40. The first-order valence-corrected chi connectivity index (χ1v) is 9.43. The van der Waals surface area contributed by atoms with E-state index in [1.807, 2.05) is 13.8 Å². The summed E-state index contributed by atoms with van der Waals surface area (Å²) >= 11 is 0. The third-order valence-corrected chi connectivity index (χ3v) is 5.49. The molecular formula is C21H28N2O3. The van der Waals surface area contributed by atoms with Crippen LogP contribution in [0.4, 0.5) is 5.69 Å². The molecule has 1 N–H and O–H groups in total. The molecule has 1 saturated heterocycles. The van der Waals surface area contributed by atoms with Gasteiger partial charge in [0.1, 0.15) is 5.56 Å². The van der Waals surface area contributed by atoms with E-state index in [1.54, 1.807) is 6.20 Å². The number of aliphatic hydroxyl groups excluding tert-OH is 1. The van der Waals surface area contributed by atoms with Crippen LogP contribution in [0.5, 0.6) is 0 Å². The molecule has 2 unspecified atom stereocenters. The highest BCUT2D eigenvalue weighted by molar-refractivity contribution is 6.06. The van der Waals surface area contributed by atoms with Gasteiger partial charge >= 0.3 is 5.97 Å². The Morgan fingerprint density at radius 2 is 2.19 bits per heavy atom. The fourth-order valence-electron chi connectivity index (χ4n) is 3.80. The number of anilines is 1. The molecule has 0 amide bonds. The molecule has 0 saturated carbocycles. The summed E-state index contributed by atoms with van der Waals surface area (Å²) in [5.74, 6) is -0.136. The Bertz CT molecular complexity index is 816. The summed E-state index contributed by atoms with van der Waals surface area (Å²) in [5, 5.41) is 11.0. The number of hydrogen-bond donors (Lipinski definition) is 1. The van der Waals surface area contributed by atoms with Gasteiger partial charge in [-0.25, -0.2) is 4.79 Å². The number of benzene rings is 1. The van der Waals surface area contributed by atoms with Crippen LogP contribution in [-0.4, -0.2) is 41.9 Å². The number of fused-ring (bicyclic) bond motifs is 1. The number of hydrogen-bond acceptors (Lipinski definition) is 5. The molecule has 0 radical (unpaired) electrons. The van der Waals surface area contributed by atoms with E-state index in [0.29, 0.717) is 12.2 Å². The molecule has 0 aliphatic carbocycles. The summed E-state index contributed by atoms with van der Waals surface area (Å²) < 4.78 is 5.28. The molecule has 1 aliphatic rings. The molecule has 1 aromatic carbocycles. The van der Waals surface area contributed by atoms with Crippen LogP contribution in [0.3, 0.4) is 0 Å². The SMILES string of the molecule is CCOC(=O)c1cnc2c(C)c(C)ccc2c1N1CCCC(C(C)O)C1. The number of carbonyl (C=O) groups is 1. The number of carbonyl (C=O) groups excluding carboxylic acids is 1. The van der Waals surface area contributed by atoms with Gasteiger partial charge in [0, 0.05) is 30.6 Å². The molecule has 2 atom stereocenters. The summed E-state index contributed by atoms with van der Waals surface area (Å²) in [6, 6.07) is 4.13. The van der Waals surface area contributed by atoms with Gasteiger partial charge in [0.2, 0.25) is 0 Å². The lowest BCUT2D eigenvalue weighted by molar-refractivity contribution is 0.0526. The van der Waals surface area contributed by atoms with E-state index in [-0.39, 0.29) is 18.0 Å². The van der Waals surface area contributed by atoms with Gasteiger partial charge in [0.15, 0.2) is 0 Å². The van der Waals surface area contributed by atoms with Crippen LogP contribution in [0, 0.1) is 19.8 Å². The minimum absolute atomic E-state index is 0.202. The maximum absolute atomic E-state index is 12.6. The van der Waals surface area contributed by atoms with Crippen LogP contribution < -0.4 is 4.90 Å². The predicted molar refractivity (Wildman–Crippen MR) is 104 cm³/mol. The van der Waals surface area contributed by atoms with Crippen molar-refractivity contribution in [3.8, 4) is 0 Å². The maximum atomic E-state index is 12.6. The second-order valence-corrected chi connectivity index (χ2v) is 7.23. The van der Waals surface area contributed by atoms with E-state index >= 15 is 0 Å². The minimum Gasteiger partial charge on any atom is -0.462 e. The molecule has 5 heteroatoms. The molecule has 2 aromatic rings. The molecule has 1 aromatic heterocycles. The molecule has 26 heavy (non-hydrogen) atoms. The van der Waals surface area contributed by atoms with Crippen molar-refractivity contribution in [2.24, 2.45) is 5.92 Å². The normalized spacial score (nSPS) is 18.8. The van der Waals surface area contributed by atoms with Crippen molar-refractivity contribution in [3.63, 3.8) is 0 Å². The molecule has 3 rings (SSSR count). The summed E-state index contributed by atoms with van der Waals surface area (Å²) in [4.78, 5) is 19.4. The highest BCUT2D eigenvalue weighted by Gasteiger charge is 2.28. The predicted octanol–water partition coefficient (Wildman–Crippen LogP) is 3.63. The van der Waals surface area contributed by atoms with E-state index in [0.717, 1.165) is 48.1 Å². The first-order valence-electron chi connectivity index (χ1n) is 9.43. The van der Waals surface area contributed by atoms with Crippen LogP contribution in [0.1, 0.15) is 48.2 Å². The Balaban J connectivity index is 2.17. The van der Waals surface area contributed by atoms with Crippen LogP contribution in [-0.2, 0) is 4.74 Å². The number of nitrogens with zero attached hydrogens (tertiary/aromatic N) is 2. The fourth-order valence-corrected chi connectivity index (χ4v) is 3.80. The van der Waals surface area contributed by atoms with Gasteiger partial charge in [-0.3, -0.25) is 4.98 Å². The minimum atomic E-state index is -0.360. The van der Waals surface area contributed by atoms with Crippen molar-refractivity contribution in [2.75, 3.05) is 24.6 Å². The van der Waals surface area contributed by atoms with Crippen molar-refractivity contribution < 1.29 is 14.6 Å². The maximum Gasteiger partial charge on any atom is 0.341 e. The van der Waals surface area contributed by atoms with Crippen molar-refractivity contribution >= 4 is 22.6 Å². The number of pyridine rings is 1. The largest absolute Gasteiger partial charge is 0.462 e. The zero-order chi connectivity index (χ0) is 18.8. The van der Waals surface area contributed by atoms with Crippen molar-refractivity contribution in [1.29, 1.82) is 0 Å². The Morgan fingerprint density at radius 1 is 1.42 bits per heavy atom. The Morgan fingerprint density at radius 3 is 2.88 bits per heavy atom. The third kappa shape index (κ3) is 3.40. The van der Waals surface area contributed by atoms with Gasteiger partial charge in [0.05, 0.1) is 23.9 Å². The number of ether oxygens (including phenoxy) is 1. The highest BCUT2D eigenvalue weighted by Crippen LogP contribution is 2.35. The van der Waals surface area contributed by atoms with E-state index in [4.69, 9.17) is 4.74 Å². The zero-order valence-corrected chi connectivity index (χ0v) is 16.1. The Labute approximate surface area is 155 Å². The first-order chi connectivity index (χ1) is 12.4. The monoisotopic (exact) mass is 356 g/mol. The van der Waals surface area contributed by atoms with Gasteiger partial charge in [-0.05, 0) is 51.7 Å². The molecule has 140 valence electrons. The molecule has 1 aliphatic heterocycles. The van der Waals surface area contributed by atoms with Crippen LogP contribution >= 0.6 is 0 Å². The summed E-state index contributed by atoms with van der Waals surface area (Å²) in [5.41, 5.74) is 4.63. The van der Waals surface area contributed by atoms with Crippen molar-refractivity contribution in [3.05, 3.63) is 35.0 Å². The van der Waals surface area contributed by atoms with Crippen molar-refractivity contribution in [2.45, 2.75) is 46.6 Å². The number of rotatable bonds is 4.